The van der Waals surface area contributed by atoms with E-state index in [1.54, 1.807) is 13.2 Å². The minimum Gasteiger partial charge on any atom is -0.493 e. The van der Waals surface area contributed by atoms with Gasteiger partial charge in [0.25, 0.3) is 0 Å². The van der Waals surface area contributed by atoms with Gasteiger partial charge in [-0.15, -0.1) is 0 Å². The van der Waals surface area contributed by atoms with E-state index >= 15 is 0 Å². The van der Waals surface area contributed by atoms with Crippen LogP contribution in [0.15, 0.2) is 71.8 Å². The molecule has 0 atom stereocenters. The van der Waals surface area contributed by atoms with Crippen molar-refractivity contribution >= 4 is 46.3 Å². The summed E-state index contributed by atoms with van der Waals surface area (Å²) in [6.07, 6.45) is 1.41. The molecule has 0 radical (unpaired) electrons. The summed E-state index contributed by atoms with van der Waals surface area (Å²) in [4.78, 5) is 23.9. The van der Waals surface area contributed by atoms with E-state index < -0.39 is 11.7 Å². The quantitative estimate of drug-likeness (QED) is 0.205. The van der Waals surface area contributed by atoms with Gasteiger partial charge >= 0.3 is 0 Å². The Morgan fingerprint density at radius 2 is 1.74 bits per heavy atom. The van der Waals surface area contributed by atoms with Gasteiger partial charge in [0.05, 0.1) is 16.9 Å². The Morgan fingerprint density at radius 3 is 2.44 bits per heavy atom. The smallest absolute Gasteiger partial charge is 0.240 e. The number of halogens is 2. The number of nitrogens with zero attached hydrogens (tertiary/aromatic N) is 1. The van der Waals surface area contributed by atoms with Crippen LogP contribution >= 0.6 is 22.6 Å². The van der Waals surface area contributed by atoms with Crippen LogP contribution in [0.5, 0.6) is 11.5 Å². The molecule has 2 amide bonds. The average molecular weight is 575 g/mol. The van der Waals surface area contributed by atoms with Crippen molar-refractivity contribution in [2.75, 3.05) is 12.4 Å². The standard InChI is InChI=1S/C25H23FIN3O4/c1-33-22-14-18(13-21(27)25(22)34-16-17-5-3-2-4-6-17)15-28-30-24(32)12-11-23(31)29-20-9-7-19(26)8-10-20/h2-10,13-15H,11-12,16H2,1H3,(H,29,31)(H,30,32). The maximum atomic E-state index is 12.9. The fourth-order valence-corrected chi connectivity index (χ4v) is 3.68. The van der Waals surface area contributed by atoms with Gasteiger partial charge in [0.2, 0.25) is 11.8 Å². The van der Waals surface area contributed by atoms with Gasteiger partial charge in [-0.2, -0.15) is 5.10 Å². The fourth-order valence-electron chi connectivity index (χ4n) is 2.90. The molecule has 9 heteroatoms. The lowest BCUT2D eigenvalue weighted by Crippen LogP contribution is -2.20. The first-order valence-electron chi connectivity index (χ1n) is 10.4. The fraction of sp³-hybridized carbons (Fsp3) is 0.160. The highest BCUT2D eigenvalue weighted by atomic mass is 127. The summed E-state index contributed by atoms with van der Waals surface area (Å²) in [6.45, 7) is 0.408. The molecule has 7 nitrogen and oxygen atoms in total. The number of hydrogen-bond acceptors (Lipinski definition) is 5. The Bertz CT molecular complexity index is 1150. The molecule has 34 heavy (non-hydrogen) atoms. The predicted octanol–water partition coefficient (Wildman–Crippen LogP) is 4.89. The molecule has 3 aromatic rings. The lowest BCUT2D eigenvalue weighted by molar-refractivity contribution is -0.124. The lowest BCUT2D eigenvalue weighted by Gasteiger charge is -2.13. The van der Waals surface area contributed by atoms with Gasteiger partial charge in [0.15, 0.2) is 11.5 Å². The number of hydrogen-bond donors (Lipinski definition) is 2. The molecule has 2 N–H and O–H groups in total. The van der Waals surface area contributed by atoms with Gasteiger partial charge in [-0.1, -0.05) is 30.3 Å². The van der Waals surface area contributed by atoms with Gasteiger partial charge < -0.3 is 14.8 Å². The molecule has 0 aliphatic heterocycles. The second-order valence-corrected chi connectivity index (χ2v) is 8.32. The molecule has 0 bridgehead atoms. The second kappa shape index (κ2) is 12.7. The predicted molar refractivity (Wildman–Crippen MR) is 136 cm³/mol. The zero-order valence-electron chi connectivity index (χ0n) is 18.4. The van der Waals surface area contributed by atoms with E-state index in [1.807, 2.05) is 36.4 Å². The molecule has 0 unspecified atom stereocenters. The molecule has 3 aromatic carbocycles. The van der Waals surface area contributed by atoms with E-state index in [2.05, 4.69) is 38.4 Å². The molecule has 0 aliphatic rings. The number of carbonyl (C=O) groups excluding carboxylic acids is 2. The first kappa shape index (κ1) is 25.2. The highest BCUT2D eigenvalue weighted by molar-refractivity contribution is 14.1. The number of anilines is 1. The number of hydrazone groups is 1. The Balaban J connectivity index is 1.50. The Hall–Kier alpha value is -3.47. The third-order valence-electron chi connectivity index (χ3n) is 4.59. The summed E-state index contributed by atoms with van der Waals surface area (Å²) in [5.41, 5.74) is 4.62. The zero-order valence-corrected chi connectivity index (χ0v) is 20.5. The van der Waals surface area contributed by atoms with E-state index in [-0.39, 0.29) is 18.7 Å². The van der Waals surface area contributed by atoms with Crippen molar-refractivity contribution < 1.29 is 23.5 Å². The van der Waals surface area contributed by atoms with Gasteiger partial charge in [-0.25, -0.2) is 9.82 Å². The maximum Gasteiger partial charge on any atom is 0.240 e. The number of carbonyl (C=O) groups is 2. The van der Waals surface area contributed by atoms with Crippen molar-refractivity contribution in [1.29, 1.82) is 0 Å². The van der Waals surface area contributed by atoms with Crippen molar-refractivity contribution in [3.05, 3.63) is 87.2 Å². The second-order valence-electron chi connectivity index (χ2n) is 7.16. The Morgan fingerprint density at radius 1 is 1.03 bits per heavy atom. The first-order valence-corrected chi connectivity index (χ1v) is 11.4. The van der Waals surface area contributed by atoms with Crippen molar-refractivity contribution in [1.82, 2.24) is 5.43 Å². The molecular formula is C25H23FIN3O4. The highest BCUT2D eigenvalue weighted by Crippen LogP contribution is 2.34. The summed E-state index contributed by atoms with van der Waals surface area (Å²) in [5.74, 6) is 0.0244. The maximum absolute atomic E-state index is 12.9. The van der Waals surface area contributed by atoms with Crippen molar-refractivity contribution in [2.45, 2.75) is 19.4 Å². The minimum atomic E-state index is -0.407. The van der Waals surface area contributed by atoms with Crippen LogP contribution in [0.1, 0.15) is 24.0 Å². The first-order chi connectivity index (χ1) is 16.4. The number of methoxy groups -OCH3 is 1. The number of ether oxygens (including phenoxy) is 2. The van der Waals surface area contributed by atoms with Crippen molar-refractivity contribution in [3.63, 3.8) is 0 Å². The Labute approximate surface area is 210 Å². The molecular weight excluding hydrogens is 552 g/mol. The largest absolute Gasteiger partial charge is 0.493 e. The molecule has 0 fully saturated rings. The van der Waals surface area contributed by atoms with Crippen LogP contribution in [0.3, 0.4) is 0 Å². The number of benzene rings is 3. The monoisotopic (exact) mass is 575 g/mol. The third-order valence-corrected chi connectivity index (χ3v) is 5.39. The van der Waals surface area contributed by atoms with E-state index in [9.17, 15) is 14.0 Å². The summed E-state index contributed by atoms with van der Waals surface area (Å²) < 4.78 is 25.1. The molecule has 0 heterocycles. The van der Waals surface area contributed by atoms with E-state index in [0.717, 1.165) is 9.13 Å². The molecule has 0 saturated heterocycles. The van der Waals surface area contributed by atoms with Crippen LogP contribution in [0, 0.1) is 9.39 Å². The Kier molecular flexibility index (Phi) is 9.39. The molecule has 0 spiro atoms. The van der Waals surface area contributed by atoms with Crippen molar-refractivity contribution in [2.24, 2.45) is 5.10 Å². The number of nitrogens with one attached hydrogen (secondary N) is 2. The zero-order chi connectivity index (χ0) is 24.3. The topological polar surface area (TPSA) is 89.0 Å². The van der Waals surface area contributed by atoms with Crippen LogP contribution < -0.4 is 20.2 Å². The summed E-state index contributed by atoms with van der Waals surface area (Å²) in [6, 6.07) is 18.8. The third kappa shape index (κ3) is 7.84. The number of amides is 2. The van der Waals surface area contributed by atoms with Gasteiger partial charge in [-0.05, 0) is 70.1 Å². The van der Waals surface area contributed by atoms with Crippen LogP contribution in [0.25, 0.3) is 0 Å². The molecule has 176 valence electrons. The average Bonchev–Trinajstić information content (AvgIpc) is 2.84. The normalized spacial score (nSPS) is 10.7. The summed E-state index contributed by atoms with van der Waals surface area (Å²) in [5, 5.41) is 6.56. The lowest BCUT2D eigenvalue weighted by atomic mass is 10.2. The van der Waals surface area contributed by atoms with Crippen LogP contribution in [0.2, 0.25) is 0 Å². The van der Waals surface area contributed by atoms with Gasteiger partial charge in [0, 0.05) is 18.5 Å². The SMILES string of the molecule is COc1cc(C=NNC(=O)CCC(=O)Nc2ccc(F)cc2)cc(I)c1OCc1ccccc1. The van der Waals surface area contributed by atoms with Crippen LogP contribution in [0.4, 0.5) is 10.1 Å². The van der Waals surface area contributed by atoms with E-state index in [1.165, 1.54) is 30.5 Å². The van der Waals surface area contributed by atoms with Gasteiger partial charge in [0.1, 0.15) is 12.4 Å². The molecule has 0 aromatic heterocycles. The summed E-state index contributed by atoms with van der Waals surface area (Å²) >= 11 is 2.15. The van der Waals surface area contributed by atoms with E-state index in [4.69, 9.17) is 9.47 Å². The highest BCUT2D eigenvalue weighted by Gasteiger charge is 2.12. The molecule has 0 saturated carbocycles. The summed E-state index contributed by atoms with van der Waals surface area (Å²) in [7, 11) is 1.56. The minimum absolute atomic E-state index is 0.0299. The molecule has 0 aliphatic carbocycles. The molecule has 3 rings (SSSR count). The number of rotatable bonds is 10. The van der Waals surface area contributed by atoms with E-state index in [0.29, 0.717) is 29.4 Å². The van der Waals surface area contributed by atoms with Gasteiger partial charge in [-0.3, -0.25) is 9.59 Å². The van der Waals surface area contributed by atoms with Crippen LogP contribution in [-0.4, -0.2) is 25.1 Å². The van der Waals surface area contributed by atoms with Crippen LogP contribution in [-0.2, 0) is 16.2 Å². The van der Waals surface area contributed by atoms with Crippen molar-refractivity contribution in [3.8, 4) is 11.5 Å².